The molecule has 0 radical (unpaired) electrons. The molecule has 0 aliphatic heterocycles. The van der Waals surface area contributed by atoms with Gasteiger partial charge in [-0.1, -0.05) is 12.1 Å². The molecule has 19 heavy (non-hydrogen) atoms. The van der Waals surface area contributed by atoms with Crippen LogP contribution >= 0.6 is 0 Å². The maximum atomic E-state index is 11.0. The molecule has 0 fully saturated rings. The predicted octanol–water partition coefficient (Wildman–Crippen LogP) is 0.893. The average molecular weight is 307 g/mol. The number of rotatable bonds is 7. The van der Waals surface area contributed by atoms with Crippen LogP contribution in [0.3, 0.4) is 0 Å². The molecule has 1 rings (SSSR count). The van der Waals surface area contributed by atoms with Crippen molar-refractivity contribution in [2.24, 2.45) is 0 Å². The molecule has 0 aliphatic carbocycles. The minimum atomic E-state index is -4.16. The molecule has 0 heterocycles. The molecule has 0 saturated heterocycles. The van der Waals surface area contributed by atoms with Gasteiger partial charge in [-0.3, -0.25) is 0 Å². The van der Waals surface area contributed by atoms with Crippen LogP contribution < -0.4 is 4.18 Å². The minimum Gasteiger partial charge on any atom is -0.748 e. The lowest BCUT2D eigenvalue weighted by molar-refractivity contribution is 0.460. The van der Waals surface area contributed by atoms with Crippen molar-refractivity contribution in [3.05, 3.63) is 29.8 Å². The smallest absolute Gasteiger partial charge is 0.306 e. The fourth-order valence-electron chi connectivity index (χ4n) is 1.54. The molecule has 108 valence electrons. The number of hydrogen-bond donors (Lipinski definition) is 0. The van der Waals surface area contributed by atoms with Crippen LogP contribution in [0.25, 0.3) is 0 Å². The monoisotopic (exact) mass is 307 g/mol. The van der Waals surface area contributed by atoms with Gasteiger partial charge in [0.1, 0.15) is 5.75 Å². The van der Waals surface area contributed by atoms with E-state index in [-0.39, 0.29) is 17.9 Å². The van der Waals surface area contributed by atoms with E-state index in [1.165, 1.54) is 6.07 Å². The van der Waals surface area contributed by atoms with Crippen molar-refractivity contribution in [3.63, 3.8) is 0 Å². The van der Waals surface area contributed by atoms with Crippen LogP contribution in [0.4, 0.5) is 0 Å². The van der Waals surface area contributed by atoms with Gasteiger partial charge in [0, 0.05) is 5.75 Å². The Morgan fingerprint density at radius 1 is 1.16 bits per heavy atom. The molecule has 0 amide bonds. The summed E-state index contributed by atoms with van der Waals surface area (Å²) in [4.78, 5) is 0. The molecule has 0 atom stereocenters. The Morgan fingerprint density at radius 3 is 2.42 bits per heavy atom. The van der Waals surface area contributed by atoms with Crippen molar-refractivity contribution in [3.8, 4) is 5.75 Å². The van der Waals surface area contributed by atoms with Gasteiger partial charge in [-0.25, -0.2) is 8.42 Å². The van der Waals surface area contributed by atoms with Crippen molar-refractivity contribution in [2.75, 3.05) is 12.0 Å². The highest BCUT2D eigenvalue weighted by Crippen LogP contribution is 2.16. The highest BCUT2D eigenvalue weighted by molar-refractivity contribution is 7.86. The van der Waals surface area contributed by atoms with E-state index in [9.17, 15) is 21.4 Å². The van der Waals surface area contributed by atoms with Gasteiger partial charge in [-0.15, -0.1) is 0 Å². The summed E-state index contributed by atoms with van der Waals surface area (Å²) in [6, 6.07) is 6.53. The first-order valence-corrected chi connectivity index (χ1v) is 8.97. The third-order valence-electron chi connectivity index (χ3n) is 2.26. The molecule has 0 bridgehead atoms. The molecule has 1 aromatic rings. The quantitative estimate of drug-likeness (QED) is 0.421. The van der Waals surface area contributed by atoms with Gasteiger partial charge in [0.05, 0.1) is 16.4 Å². The Balaban J connectivity index is 2.53. The van der Waals surface area contributed by atoms with Crippen molar-refractivity contribution >= 4 is 20.2 Å². The van der Waals surface area contributed by atoms with E-state index in [4.69, 9.17) is 4.18 Å². The highest BCUT2D eigenvalue weighted by Gasteiger charge is 2.05. The first kappa shape index (κ1) is 15.9. The average Bonchev–Trinajstić information content (AvgIpc) is 2.21. The van der Waals surface area contributed by atoms with Gasteiger partial charge < -0.3 is 8.74 Å². The fourth-order valence-corrected chi connectivity index (χ4v) is 2.55. The molecule has 8 heteroatoms. The van der Waals surface area contributed by atoms with E-state index in [1.807, 2.05) is 0 Å². The van der Waals surface area contributed by atoms with Crippen LogP contribution in [-0.2, 0) is 26.7 Å². The zero-order valence-electron chi connectivity index (χ0n) is 10.4. The molecule has 0 aliphatic rings. The molecule has 6 nitrogen and oxygen atoms in total. The normalized spacial score (nSPS) is 12.3. The lowest BCUT2D eigenvalue weighted by Gasteiger charge is -2.07. The number of hydrogen-bond acceptors (Lipinski definition) is 6. The van der Waals surface area contributed by atoms with Gasteiger partial charge in [0.2, 0.25) is 0 Å². The Bertz CT molecular complexity index is 618. The summed E-state index contributed by atoms with van der Waals surface area (Å²) in [6.07, 6.45) is 2.32. The molecule has 1 aromatic carbocycles. The zero-order chi connectivity index (χ0) is 14.5. The van der Waals surface area contributed by atoms with Crippen molar-refractivity contribution in [1.82, 2.24) is 0 Å². The summed E-state index contributed by atoms with van der Waals surface area (Å²) < 4.78 is 57.9. The summed E-state index contributed by atoms with van der Waals surface area (Å²) in [5, 5.41) is 0. The first-order chi connectivity index (χ1) is 8.66. The highest BCUT2D eigenvalue weighted by atomic mass is 32.2. The molecule has 0 unspecified atom stereocenters. The Kier molecular flexibility index (Phi) is 5.33. The van der Waals surface area contributed by atoms with Crippen LogP contribution in [0, 0.1) is 0 Å². The maximum Gasteiger partial charge on any atom is 0.306 e. The Labute approximate surface area is 113 Å². The Morgan fingerprint density at radius 2 is 1.84 bits per heavy atom. The molecule has 0 aromatic heterocycles. The standard InChI is InChI=1S/C11H16O6S2/c1-18(12,13)17-11-7-4-6-10(9-11)5-2-3-8-19(14,15)16/h4,6-7,9H,2-3,5,8H2,1H3,(H,14,15,16)/p-1. The second-order valence-electron chi connectivity index (χ2n) is 4.15. The van der Waals surface area contributed by atoms with Crippen LogP contribution in [0.15, 0.2) is 24.3 Å². The van der Waals surface area contributed by atoms with Crippen molar-refractivity contribution in [2.45, 2.75) is 19.3 Å². The number of aryl methyl sites for hydroxylation is 1. The molecule has 0 saturated carbocycles. The third-order valence-corrected chi connectivity index (χ3v) is 3.54. The van der Waals surface area contributed by atoms with Gasteiger partial charge >= 0.3 is 10.1 Å². The Hall–Kier alpha value is -1.12. The van der Waals surface area contributed by atoms with E-state index >= 15 is 0 Å². The number of benzene rings is 1. The molecular formula is C11H15O6S2-. The van der Waals surface area contributed by atoms with Gasteiger partial charge in [-0.05, 0) is 37.0 Å². The molecule has 0 spiro atoms. The van der Waals surface area contributed by atoms with Crippen molar-refractivity contribution < 1.29 is 25.6 Å². The molecular weight excluding hydrogens is 292 g/mol. The SMILES string of the molecule is CS(=O)(=O)Oc1cccc(CCCCS(=O)(=O)[O-])c1. The van der Waals surface area contributed by atoms with Crippen LogP contribution in [0.1, 0.15) is 18.4 Å². The summed E-state index contributed by atoms with van der Waals surface area (Å²) in [5.41, 5.74) is 0.824. The second-order valence-corrected chi connectivity index (χ2v) is 7.25. The van der Waals surface area contributed by atoms with Crippen LogP contribution in [0.2, 0.25) is 0 Å². The van der Waals surface area contributed by atoms with E-state index in [1.54, 1.807) is 18.2 Å². The first-order valence-electron chi connectivity index (χ1n) is 5.58. The largest absolute Gasteiger partial charge is 0.748 e. The summed E-state index contributed by atoms with van der Waals surface area (Å²) in [7, 11) is -7.72. The van der Waals surface area contributed by atoms with E-state index in [0.29, 0.717) is 12.8 Å². The van der Waals surface area contributed by atoms with Gasteiger partial charge in [-0.2, -0.15) is 8.42 Å². The van der Waals surface area contributed by atoms with Gasteiger partial charge in [0.15, 0.2) is 0 Å². The summed E-state index contributed by atoms with van der Waals surface area (Å²) >= 11 is 0. The van der Waals surface area contributed by atoms with Crippen molar-refractivity contribution in [1.29, 1.82) is 0 Å². The van der Waals surface area contributed by atoms with Gasteiger partial charge in [0.25, 0.3) is 0 Å². The summed E-state index contributed by atoms with van der Waals surface area (Å²) in [6.45, 7) is 0. The van der Waals surface area contributed by atoms with E-state index in [0.717, 1.165) is 11.8 Å². The minimum absolute atomic E-state index is 0.219. The lowest BCUT2D eigenvalue weighted by atomic mass is 10.1. The van der Waals surface area contributed by atoms with E-state index in [2.05, 4.69) is 0 Å². The second kappa shape index (κ2) is 6.36. The summed E-state index contributed by atoms with van der Waals surface area (Å²) in [5.74, 6) is -0.163. The molecule has 0 N–H and O–H groups in total. The topological polar surface area (TPSA) is 101 Å². The van der Waals surface area contributed by atoms with E-state index < -0.39 is 20.2 Å². The zero-order valence-corrected chi connectivity index (χ0v) is 12.0. The maximum absolute atomic E-state index is 11.0. The number of unbranched alkanes of at least 4 members (excludes halogenated alkanes) is 1. The predicted molar refractivity (Wildman–Crippen MR) is 69.4 cm³/mol. The van der Waals surface area contributed by atoms with Crippen LogP contribution in [-0.4, -0.2) is 33.4 Å². The lowest BCUT2D eigenvalue weighted by Crippen LogP contribution is -2.06. The third kappa shape index (κ3) is 7.81. The fraction of sp³-hybridized carbons (Fsp3) is 0.455. The van der Waals surface area contributed by atoms with Crippen LogP contribution in [0.5, 0.6) is 5.75 Å².